The van der Waals surface area contributed by atoms with Crippen LogP contribution in [0.5, 0.6) is 11.5 Å². The molecule has 0 atom stereocenters. The molecule has 3 rings (SSSR count). The fraction of sp³-hybridized carbons (Fsp3) is 0.350. The Morgan fingerprint density at radius 1 is 1.12 bits per heavy atom. The summed E-state index contributed by atoms with van der Waals surface area (Å²) in [5.41, 5.74) is 7.89. The first kappa shape index (κ1) is 20.4. The van der Waals surface area contributed by atoms with Crippen molar-refractivity contribution in [3.63, 3.8) is 0 Å². The summed E-state index contributed by atoms with van der Waals surface area (Å²) in [6.45, 7) is 0.435. The third-order valence-corrected chi connectivity index (χ3v) is 4.33. The SMILES string of the molecule is COc1cccc(CN=C(N)Nc2ccccc2)c1OC1CCCC1.I. The molecule has 0 heterocycles. The van der Waals surface area contributed by atoms with Gasteiger partial charge in [-0.3, -0.25) is 0 Å². The van der Waals surface area contributed by atoms with Gasteiger partial charge in [-0.05, 0) is 43.9 Å². The van der Waals surface area contributed by atoms with E-state index in [1.165, 1.54) is 12.8 Å². The molecule has 0 aliphatic heterocycles. The molecule has 0 bridgehead atoms. The van der Waals surface area contributed by atoms with Crippen LogP contribution >= 0.6 is 24.0 Å². The van der Waals surface area contributed by atoms with E-state index < -0.39 is 0 Å². The number of hydrogen-bond acceptors (Lipinski definition) is 3. The van der Waals surface area contributed by atoms with Crippen molar-refractivity contribution < 1.29 is 9.47 Å². The Labute approximate surface area is 172 Å². The van der Waals surface area contributed by atoms with Crippen LogP contribution in [0.4, 0.5) is 5.69 Å². The van der Waals surface area contributed by atoms with E-state index in [-0.39, 0.29) is 30.1 Å². The Bertz CT molecular complexity index is 716. The Kier molecular flexibility index (Phi) is 8.03. The van der Waals surface area contributed by atoms with Gasteiger partial charge in [0.25, 0.3) is 0 Å². The maximum atomic E-state index is 6.22. The maximum absolute atomic E-state index is 6.22. The molecule has 1 fully saturated rings. The van der Waals surface area contributed by atoms with Gasteiger partial charge in [0.1, 0.15) is 0 Å². The van der Waals surface area contributed by atoms with Gasteiger partial charge in [-0.15, -0.1) is 24.0 Å². The average molecular weight is 467 g/mol. The van der Waals surface area contributed by atoms with Crippen LogP contribution in [0.1, 0.15) is 31.2 Å². The van der Waals surface area contributed by atoms with Crippen molar-refractivity contribution in [3.8, 4) is 11.5 Å². The molecular formula is C20H26IN3O2. The average Bonchev–Trinajstić information content (AvgIpc) is 3.15. The Balaban J connectivity index is 0.00000243. The number of para-hydroxylation sites is 2. The molecule has 2 aromatic carbocycles. The largest absolute Gasteiger partial charge is 0.493 e. The predicted octanol–water partition coefficient (Wildman–Crippen LogP) is 4.56. The van der Waals surface area contributed by atoms with E-state index in [9.17, 15) is 0 Å². The van der Waals surface area contributed by atoms with E-state index in [0.717, 1.165) is 35.6 Å². The lowest BCUT2D eigenvalue weighted by Crippen LogP contribution is -2.22. The van der Waals surface area contributed by atoms with Gasteiger partial charge < -0.3 is 20.5 Å². The fourth-order valence-electron chi connectivity index (χ4n) is 3.03. The van der Waals surface area contributed by atoms with Crippen LogP contribution in [0.25, 0.3) is 0 Å². The molecule has 26 heavy (non-hydrogen) atoms. The highest BCUT2D eigenvalue weighted by atomic mass is 127. The summed E-state index contributed by atoms with van der Waals surface area (Å²) in [5, 5.41) is 3.09. The number of nitrogens with one attached hydrogen (secondary N) is 1. The quantitative estimate of drug-likeness (QED) is 0.371. The molecular weight excluding hydrogens is 441 g/mol. The lowest BCUT2D eigenvalue weighted by molar-refractivity contribution is 0.198. The summed E-state index contributed by atoms with van der Waals surface area (Å²) in [6.07, 6.45) is 4.90. The van der Waals surface area contributed by atoms with Gasteiger partial charge in [0, 0.05) is 11.3 Å². The smallest absolute Gasteiger partial charge is 0.193 e. The number of rotatable bonds is 6. The third-order valence-electron chi connectivity index (χ3n) is 4.33. The summed E-state index contributed by atoms with van der Waals surface area (Å²) in [7, 11) is 1.66. The number of halogens is 1. The van der Waals surface area contributed by atoms with Gasteiger partial charge >= 0.3 is 0 Å². The van der Waals surface area contributed by atoms with Crippen molar-refractivity contribution in [2.24, 2.45) is 10.7 Å². The van der Waals surface area contributed by atoms with Crippen molar-refractivity contribution in [2.75, 3.05) is 12.4 Å². The van der Waals surface area contributed by atoms with Crippen molar-refractivity contribution in [1.29, 1.82) is 0 Å². The maximum Gasteiger partial charge on any atom is 0.193 e. The number of anilines is 1. The van der Waals surface area contributed by atoms with Gasteiger partial charge in [-0.2, -0.15) is 0 Å². The van der Waals surface area contributed by atoms with Gasteiger partial charge in [0.2, 0.25) is 0 Å². The van der Waals surface area contributed by atoms with E-state index in [4.69, 9.17) is 15.2 Å². The molecule has 2 aromatic rings. The van der Waals surface area contributed by atoms with Gasteiger partial charge in [-0.25, -0.2) is 4.99 Å². The van der Waals surface area contributed by atoms with E-state index >= 15 is 0 Å². The second-order valence-electron chi connectivity index (χ2n) is 6.17. The second-order valence-corrected chi connectivity index (χ2v) is 6.17. The molecule has 5 nitrogen and oxygen atoms in total. The Morgan fingerprint density at radius 2 is 1.85 bits per heavy atom. The molecule has 6 heteroatoms. The molecule has 140 valence electrons. The van der Waals surface area contributed by atoms with E-state index in [1.54, 1.807) is 7.11 Å². The van der Waals surface area contributed by atoms with Gasteiger partial charge in [0.15, 0.2) is 17.5 Å². The molecule has 0 unspecified atom stereocenters. The van der Waals surface area contributed by atoms with Crippen LogP contribution in [0.3, 0.4) is 0 Å². The zero-order valence-electron chi connectivity index (χ0n) is 15.0. The molecule has 1 aliphatic carbocycles. The highest BCUT2D eigenvalue weighted by molar-refractivity contribution is 14.0. The van der Waals surface area contributed by atoms with E-state index in [0.29, 0.717) is 12.5 Å². The summed E-state index contributed by atoms with van der Waals surface area (Å²) in [6, 6.07) is 15.6. The number of guanidine groups is 1. The van der Waals surface area contributed by atoms with Gasteiger partial charge in [0.05, 0.1) is 19.8 Å². The topological polar surface area (TPSA) is 68.9 Å². The molecule has 0 saturated heterocycles. The molecule has 0 radical (unpaired) electrons. The van der Waals surface area contributed by atoms with Gasteiger partial charge in [-0.1, -0.05) is 30.3 Å². The van der Waals surface area contributed by atoms with Crippen LogP contribution < -0.4 is 20.5 Å². The van der Waals surface area contributed by atoms with Crippen molar-refractivity contribution >= 4 is 35.6 Å². The number of methoxy groups -OCH3 is 1. The Morgan fingerprint density at radius 3 is 2.54 bits per heavy atom. The van der Waals surface area contributed by atoms with Crippen LogP contribution in [0.2, 0.25) is 0 Å². The van der Waals surface area contributed by atoms with Crippen LogP contribution in [-0.4, -0.2) is 19.2 Å². The standard InChI is InChI=1S/C20H25N3O2.HI/c1-24-18-13-7-8-15(19(18)25-17-11-5-6-12-17)14-22-20(21)23-16-9-3-2-4-10-16;/h2-4,7-10,13,17H,5-6,11-12,14H2,1H3,(H3,21,22,23);1H. The van der Waals surface area contributed by atoms with Crippen molar-refractivity contribution in [1.82, 2.24) is 0 Å². The summed E-state index contributed by atoms with van der Waals surface area (Å²) in [5.74, 6) is 1.91. The summed E-state index contributed by atoms with van der Waals surface area (Å²) in [4.78, 5) is 4.45. The van der Waals surface area contributed by atoms with Crippen molar-refractivity contribution in [3.05, 3.63) is 54.1 Å². The molecule has 3 N–H and O–H groups in total. The highest BCUT2D eigenvalue weighted by Gasteiger charge is 2.20. The number of nitrogens with zero attached hydrogens (tertiary/aromatic N) is 1. The van der Waals surface area contributed by atoms with Crippen LogP contribution in [-0.2, 0) is 6.54 Å². The highest BCUT2D eigenvalue weighted by Crippen LogP contribution is 2.35. The first-order chi connectivity index (χ1) is 12.3. The van der Waals surface area contributed by atoms with Crippen LogP contribution in [0, 0.1) is 0 Å². The second kappa shape index (κ2) is 10.3. The van der Waals surface area contributed by atoms with E-state index in [2.05, 4.69) is 10.3 Å². The normalized spacial score (nSPS) is 14.6. The number of nitrogens with two attached hydrogens (primary N) is 1. The van der Waals surface area contributed by atoms with Crippen LogP contribution in [0.15, 0.2) is 53.5 Å². The summed E-state index contributed by atoms with van der Waals surface area (Å²) < 4.78 is 11.7. The number of benzene rings is 2. The molecule has 0 spiro atoms. The number of aliphatic imine (C=N–C) groups is 1. The molecule has 0 aromatic heterocycles. The first-order valence-corrected chi connectivity index (χ1v) is 8.71. The number of ether oxygens (including phenoxy) is 2. The third kappa shape index (κ3) is 5.52. The zero-order chi connectivity index (χ0) is 17.5. The number of hydrogen-bond donors (Lipinski definition) is 2. The lowest BCUT2D eigenvalue weighted by atomic mass is 10.1. The lowest BCUT2D eigenvalue weighted by Gasteiger charge is -2.18. The minimum Gasteiger partial charge on any atom is -0.493 e. The molecule has 1 aliphatic rings. The minimum absolute atomic E-state index is 0. The fourth-order valence-corrected chi connectivity index (χ4v) is 3.03. The zero-order valence-corrected chi connectivity index (χ0v) is 17.3. The summed E-state index contributed by atoms with van der Waals surface area (Å²) >= 11 is 0. The van der Waals surface area contributed by atoms with Crippen molar-refractivity contribution in [2.45, 2.75) is 38.3 Å². The predicted molar refractivity (Wildman–Crippen MR) is 117 cm³/mol. The van der Waals surface area contributed by atoms with E-state index in [1.807, 2.05) is 48.5 Å². The first-order valence-electron chi connectivity index (χ1n) is 8.71. The Hall–Kier alpha value is -1.96. The monoisotopic (exact) mass is 467 g/mol. The minimum atomic E-state index is 0. The molecule has 1 saturated carbocycles. The molecule has 0 amide bonds.